The zero-order chi connectivity index (χ0) is 11.7. The van der Waals surface area contributed by atoms with Crippen LogP contribution in [0.2, 0.25) is 0 Å². The Bertz CT molecular complexity index is 545. The molecule has 1 aromatic carbocycles. The number of rotatable bonds is 3. The molecule has 4 heteroatoms. The van der Waals surface area contributed by atoms with Gasteiger partial charge in [0, 0.05) is 29.0 Å². The molecule has 0 aliphatic carbocycles. The highest BCUT2D eigenvalue weighted by Gasteiger charge is 2.12. The Kier molecular flexibility index (Phi) is 2.92. The van der Waals surface area contributed by atoms with Gasteiger partial charge in [-0.1, -0.05) is 6.07 Å². The van der Waals surface area contributed by atoms with Gasteiger partial charge in [0.25, 0.3) is 0 Å². The number of benzene rings is 1. The lowest BCUT2D eigenvalue weighted by molar-refractivity contribution is -0.136. The Morgan fingerprint density at radius 3 is 2.88 bits per heavy atom. The van der Waals surface area contributed by atoms with E-state index in [1.807, 2.05) is 42.3 Å². The zero-order valence-corrected chi connectivity index (χ0v) is 10.0. The summed E-state index contributed by atoms with van der Waals surface area (Å²) in [7, 11) is 1.94. The highest BCUT2D eigenvalue weighted by atomic mass is 32.2. The summed E-state index contributed by atoms with van der Waals surface area (Å²) >= 11 is 1.65. The van der Waals surface area contributed by atoms with Crippen LogP contribution in [0.4, 0.5) is 0 Å². The van der Waals surface area contributed by atoms with Crippen molar-refractivity contribution in [1.29, 1.82) is 0 Å². The SMILES string of the molecule is CSc1cccc2c1c(CC(=O)O)cn2C. The summed E-state index contributed by atoms with van der Waals surface area (Å²) in [5, 5.41) is 9.95. The fraction of sp³-hybridized carbons (Fsp3) is 0.250. The standard InChI is InChI=1S/C12H13NO2S/c1-13-7-8(6-11(14)15)12-9(13)4-3-5-10(12)16-2/h3-5,7H,6H2,1-2H3,(H,14,15). The van der Waals surface area contributed by atoms with Gasteiger partial charge in [-0.2, -0.15) is 0 Å². The lowest BCUT2D eigenvalue weighted by Gasteiger charge is -2.02. The predicted molar refractivity (Wildman–Crippen MR) is 66.0 cm³/mol. The van der Waals surface area contributed by atoms with Crippen molar-refractivity contribution in [2.24, 2.45) is 7.05 Å². The molecule has 3 nitrogen and oxygen atoms in total. The zero-order valence-electron chi connectivity index (χ0n) is 9.23. The molecule has 0 radical (unpaired) electrons. The Hall–Kier alpha value is -1.42. The van der Waals surface area contributed by atoms with Crippen molar-refractivity contribution < 1.29 is 9.90 Å². The van der Waals surface area contributed by atoms with Crippen LogP contribution in [0.15, 0.2) is 29.3 Å². The van der Waals surface area contributed by atoms with Crippen molar-refractivity contribution in [3.8, 4) is 0 Å². The lowest BCUT2D eigenvalue weighted by Crippen LogP contribution is -1.99. The molecule has 1 heterocycles. The second-order valence-corrected chi connectivity index (χ2v) is 4.54. The van der Waals surface area contributed by atoms with Crippen LogP contribution >= 0.6 is 11.8 Å². The molecule has 0 bridgehead atoms. The molecule has 0 saturated heterocycles. The van der Waals surface area contributed by atoms with Crippen LogP contribution in [0.25, 0.3) is 10.9 Å². The summed E-state index contributed by atoms with van der Waals surface area (Å²) < 4.78 is 1.98. The predicted octanol–water partition coefficient (Wildman–Crippen LogP) is 2.53. The molecule has 0 amide bonds. The second kappa shape index (κ2) is 4.22. The summed E-state index contributed by atoms with van der Waals surface area (Å²) in [4.78, 5) is 11.9. The minimum absolute atomic E-state index is 0.0783. The van der Waals surface area contributed by atoms with E-state index in [1.54, 1.807) is 11.8 Å². The summed E-state index contributed by atoms with van der Waals surface area (Å²) in [6.07, 6.45) is 3.99. The number of aliphatic carboxylic acids is 1. The molecule has 0 aliphatic rings. The van der Waals surface area contributed by atoms with Crippen molar-refractivity contribution in [2.45, 2.75) is 11.3 Å². The van der Waals surface area contributed by atoms with E-state index in [4.69, 9.17) is 5.11 Å². The van der Waals surface area contributed by atoms with Gasteiger partial charge in [0.15, 0.2) is 0 Å². The van der Waals surface area contributed by atoms with E-state index in [-0.39, 0.29) is 6.42 Å². The van der Waals surface area contributed by atoms with Gasteiger partial charge in [0.05, 0.1) is 6.42 Å². The molecule has 1 aromatic heterocycles. The van der Waals surface area contributed by atoms with Crippen molar-refractivity contribution in [3.05, 3.63) is 30.0 Å². The van der Waals surface area contributed by atoms with Crippen molar-refractivity contribution in [1.82, 2.24) is 4.57 Å². The minimum atomic E-state index is -0.789. The van der Waals surface area contributed by atoms with E-state index in [2.05, 4.69) is 0 Å². The van der Waals surface area contributed by atoms with Gasteiger partial charge in [0.2, 0.25) is 0 Å². The number of thioether (sulfide) groups is 1. The maximum atomic E-state index is 10.8. The topological polar surface area (TPSA) is 42.2 Å². The van der Waals surface area contributed by atoms with Crippen molar-refractivity contribution in [2.75, 3.05) is 6.26 Å². The van der Waals surface area contributed by atoms with Crippen LogP contribution in [0.5, 0.6) is 0 Å². The molecule has 0 atom stereocenters. The van der Waals surface area contributed by atoms with Gasteiger partial charge in [-0.25, -0.2) is 0 Å². The van der Waals surface area contributed by atoms with E-state index in [1.165, 1.54) is 0 Å². The quantitative estimate of drug-likeness (QED) is 0.831. The van der Waals surface area contributed by atoms with E-state index in [9.17, 15) is 4.79 Å². The summed E-state index contributed by atoms with van der Waals surface area (Å²) in [6, 6.07) is 6.04. The normalized spacial score (nSPS) is 10.9. The fourth-order valence-electron chi connectivity index (χ4n) is 1.97. The van der Waals surface area contributed by atoms with Crippen molar-refractivity contribution >= 4 is 28.6 Å². The fourth-order valence-corrected chi connectivity index (χ4v) is 2.63. The van der Waals surface area contributed by atoms with Crippen LogP contribution in [-0.2, 0) is 18.3 Å². The van der Waals surface area contributed by atoms with E-state index < -0.39 is 5.97 Å². The minimum Gasteiger partial charge on any atom is -0.481 e. The maximum absolute atomic E-state index is 10.8. The Morgan fingerprint density at radius 2 is 2.25 bits per heavy atom. The van der Waals surface area contributed by atoms with Crippen LogP contribution in [0.3, 0.4) is 0 Å². The number of aryl methyl sites for hydroxylation is 1. The van der Waals surface area contributed by atoms with Crippen LogP contribution in [0, 0.1) is 0 Å². The van der Waals surface area contributed by atoms with Crippen LogP contribution in [-0.4, -0.2) is 21.9 Å². The van der Waals surface area contributed by atoms with Crippen LogP contribution < -0.4 is 0 Å². The van der Waals surface area contributed by atoms with Crippen molar-refractivity contribution in [3.63, 3.8) is 0 Å². The number of fused-ring (bicyclic) bond motifs is 1. The first-order valence-corrected chi connectivity index (χ1v) is 6.18. The lowest BCUT2D eigenvalue weighted by atomic mass is 10.1. The molecule has 0 saturated carbocycles. The number of carboxylic acid groups (broad SMARTS) is 1. The van der Waals surface area contributed by atoms with Gasteiger partial charge in [-0.05, 0) is 24.0 Å². The Balaban J connectivity index is 2.69. The monoisotopic (exact) mass is 235 g/mol. The number of carboxylic acids is 1. The molecule has 1 N–H and O–H groups in total. The largest absolute Gasteiger partial charge is 0.481 e. The number of carbonyl (C=O) groups is 1. The first kappa shape index (κ1) is 11.1. The summed E-state index contributed by atoms with van der Waals surface area (Å²) in [5.41, 5.74) is 1.97. The van der Waals surface area contributed by atoms with Gasteiger partial charge < -0.3 is 9.67 Å². The third kappa shape index (κ3) is 1.80. The molecular formula is C12H13NO2S. The molecule has 16 heavy (non-hydrogen) atoms. The summed E-state index contributed by atoms with van der Waals surface area (Å²) in [5.74, 6) is -0.789. The van der Waals surface area contributed by atoms with Gasteiger partial charge in [0.1, 0.15) is 0 Å². The first-order chi connectivity index (χ1) is 7.63. The van der Waals surface area contributed by atoms with E-state index >= 15 is 0 Å². The maximum Gasteiger partial charge on any atom is 0.307 e. The molecule has 84 valence electrons. The van der Waals surface area contributed by atoms with E-state index in [0.717, 1.165) is 21.4 Å². The number of hydrogen-bond donors (Lipinski definition) is 1. The molecule has 0 fully saturated rings. The molecule has 0 unspecified atom stereocenters. The Labute approximate surface area is 98.1 Å². The molecule has 2 aromatic rings. The highest BCUT2D eigenvalue weighted by Crippen LogP contribution is 2.30. The number of aromatic nitrogens is 1. The molecule has 0 spiro atoms. The van der Waals surface area contributed by atoms with Gasteiger partial charge in [-0.3, -0.25) is 4.79 Å². The average Bonchev–Trinajstić information content (AvgIpc) is 2.55. The smallest absolute Gasteiger partial charge is 0.307 e. The number of nitrogens with zero attached hydrogens (tertiary/aromatic N) is 1. The second-order valence-electron chi connectivity index (χ2n) is 3.69. The average molecular weight is 235 g/mol. The van der Waals surface area contributed by atoms with Crippen LogP contribution in [0.1, 0.15) is 5.56 Å². The highest BCUT2D eigenvalue weighted by molar-refractivity contribution is 7.98. The molecule has 2 rings (SSSR count). The number of hydrogen-bond acceptors (Lipinski definition) is 2. The Morgan fingerprint density at radius 1 is 1.50 bits per heavy atom. The van der Waals surface area contributed by atoms with Gasteiger partial charge in [-0.15, -0.1) is 11.8 Å². The molecular weight excluding hydrogens is 222 g/mol. The van der Waals surface area contributed by atoms with Gasteiger partial charge >= 0.3 is 5.97 Å². The third-order valence-electron chi connectivity index (χ3n) is 2.62. The third-order valence-corrected chi connectivity index (χ3v) is 3.40. The first-order valence-electron chi connectivity index (χ1n) is 4.96. The molecule has 0 aliphatic heterocycles. The van der Waals surface area contributed by atoms with E-state index in [0.29, 0.717) is 0 Å². The summed E-state index contributed by atoms with van der Waals surface area (Å²) in [6.45, 7) is 0.